The molecule has 1 aromatic heterocycles. The molecule has 3 aromatic rings. The van der Waals surface area contributed by atoms with Crippen LogP contribution in [0.4, 0.5) is 0 Å². The third-order valence-electron chi connectivity index (χ3n) is 5.91. The van der Waals surface area contributed by atoms with Crippen LogP contribution in [0.5, 0.6) is 0 Å². The van der Waals surface area contributed by atoms with Gasteiger partial charge in [0, 0.05) is 18.0 Å². The maximum absolute atomic E-state index is 6.43. The van der Waals surface area contributed by atoms with Gasteiger partial charge in [-0.3, -0.25) is 4.90 Å². The standard InChI is InChI=1S/C27H31NOS/c1-3-9-24(10-4-1)27(25-11-5-2-6-12-25)29-21-17-23-15-19-28(20-16-23)18-7-13-26-14-8-22-30-26/h1-14,22-23,27H,15-21H2/b13-7-. The molecule has 2 heterocycles. The van der Waals surface area contributed by atoms with Crippen LogP contribution in [0, 0.1) is 5.92 Å². The molecule has 2 aromatic carbocycles. The summed E-state index contributed by atoms with van der Waals surface area (Å²) in [6, 6.07) is 25.5. The SMILES string of the molecule is C(=C/c1cccs1)/CN1CCC(CCOC(c2ccccc2)c2ccccc2)CC1. The highest BCUT2D eigenvalue weighted by Crippen LogP contribution is 2.27. The molecule has 0 bridgehead atoms. The number of hydrogen-bond acceptors (Lipinski definition) is 3. The first kappa shape index (κ1) is 21.0. The Morgan fingerprint density at radius 3 is 2.17 bits per heavy atom. The summed E-state index contributed by atoms with van der Waals surface area (Å²) in [5.74, 6) is 0.773. The fourth-order valence-electron chi connectivity index (χ4n) is 4.15. The van der Waals surface area contributed by atoms with E-state index in [1.165, 1.54) is 41.9 Å². The van der Waals surface area contributed by atoms with Gasteiger partial charge in [0.2, 0.25) is 0 Å². The number of thiophene rings is 1. The molecule has 156 valence electrons. The Labute approximate surface area is 184 Å². The minimum Gasteiger partial charge on any atom is -0.369 e. The Bertz CT molecular complexity index is 828. The van der Waals surface area contributed by atoms with Crippen LogP contribution >= 0.6 is 11.3 Å². The Kier molecular flexibility index (Phi) is 7.90. The number of benzene rings is 2. The average molecular weight is 418 g/mol. The van der Waals surface area contributed by atoms with Gasteiger partial charge < -0.3 is 4.74 Å². The summed E-state index contributed by atoms with van der Waals surface area (Å²) in [7, 11) is 0. The van der Waals surface area contributed by atoms with Crippen LogP contribution in [0.15, 0.2) is 84.3 Å². The van der Waals surface area contributed by atoms with Gasteiger partial charge in [-0.25, -0.2) is 0 Å². The molecule has 0 spiro atoms. The van der Waals surface area contributed by atoms with Gasteiger partial charge in [0.1, 0.15) is 6.10 Å². The lowest BCUT2D eigenvalue weighted by atomic mass is 9.94. The second kappa shape index (κ2) is 11.3. The number of piperidine rings is 1. The summed E-state index contributed by atoms with van der Waals surface area (Å²) in [5.41, 5.74) is 2.46. The predicted molar refractivity (Wildman–Crippen MR) is 128 cm³/mol. The Hall–Kier alpha value is -2.20. The molecule has 0 aliphatic carbocycles. The smallest absolute Gasteiger partial charge is 0.108 e. The van der Waals surface area contributed by atoms with E-state index in [-0.39, 0.29) is 6.10 Å². The van der Waals surface area contributed by atoms with E-state index >= 15 is 0 Å². The van der Waals surface area contributed by atoms with Crippen molar-refractivity contribution >= 4 is 17.4 Å². The van der Waals surface area contributed by atoms with Gasteiger partial charge in [-0.1, -0.05) is 72.8 Å². The van der Waals surface area contributed by atoms with Gasteiger partial charge in [-0.15, -0.1) is 11.3 Å². The zero-order chi connectivity index (χ0) is 20.4. The van der Waals surface area contributed by atoms with E-state index in [1.54, 1.807) is 11.3 Å². The van der Waals surface area contributed by atoms with Crippen LogP contribution in [0.3, 0.4) is 0 Å². The highest BCUT2D eigenvalue weighted by atomic mass is 32.1. The normalized spacial score (nSPS) is 15.9. The third kappa shape index (κ3) is 6.15. The molecule has 4 rings (SSSR count). The lowest BCUT2D eigenvalue weighted by Crippen LogP contribution is -2.34. The van der Waals surface area contributed by atoms with E-state index in [2.05, 4.69) is 95.2 Å². The largest absolute Gasteiger partial charge is 0.369 e. The Morgan fingerprint density at radius 2 is 1.57 bits per heavy atom. The molecule has 30 heavy (non-hydrogen) atoms. The molecule has 0 amide bonds. The van der Waals surface area contributed by atoms with E-state index < -0.39 is 0 Å². The fraction of sp³-hybridized carbons (Fsp3) is 0.333. The lowest BCUT2D eigenvalue weighted by Gasteiger charge is -2.31. The van der Waals surface area contributed by atoms with Crippen LogP contribution in [0.2, 0.25) is 0 Å². The molecule has 1 fully saturated rings. The van der Waals surface area contributed by atoms with Crippen molar-refractivity contribution in [3.05, 3.63) is 100 Å². The zero-order valence-corrected chi connectivity index (χ0v) is 18.3. The van der Waals surface area contributed by atoms with Crippen molar-refractivity contribution in [1.82, 2.24) is 4.90 Å². The van der Waals surface area contributed by atoms with Crippen molar-refractivity contribution in [2.45, 2.75) is 25.4 Å². The fourth-order valence-corrected chi connectivity index (χ4v) is 4.80. The first-order chi connectivity index (χ1) is 14.9. The molecule has 0 saturated carbocycles. The van der Waals surface area contributed by atoms with Crippen molar-refractivity contribution in [3.8, 4) is 0 Å². The average Bonchev–Trinajstić information content (AvgIpc) is 3.32. The number of likely N-dealkylation sites (tertiary alicyclic amines) is 1. The quantitative estimate of drug-likeness (QED) is 0.385. The van der Waals surface area contributed by atoms with Gasteiger partial charge in [0.25, 0.3) is 0 Å². The number of nitrogens with zero attached hydrogens (tertiary/aromatic N) is 1. The lowest BCUT2D eigenvalue weighted by molar-refractivity contribution is 0.0610. The molecule has 1 saturated heterocycles. The summed E-state index contributed by atoms with van der Waals surface area (Å²) < 4.78 is 6.43. The molecule has 1 aliphatic heterocycles. The summed E-state index contributed by atoms with van der Waals surface area (Å²) in [5, 5.41) is 2.13. The summed E-state index contributed by atoms with van der Waals surface area (Å²) in [6.45, 7) is 4.27. The molecule has 0 N–H and O–H groups in total. The molecule has 2 nitrogen and oxygen atoms in total. The highest BCUT2D eigenvalue weighted by molar-refractivity contribution is 7.10. The first-order valence-corrected chi connectivity index (χ1v) is 11.9. The summed E-state index contributed by atoms with van der Waals surface area (Å²) in [6.07, 6.45) is 8.27. The van der Waals surface area contributed by atoms with Gasteiger partial charge >= 0.3 is 0 Å². The maximum atomic E-state index is 6.43. The van der Waals surface area contributed by atoms with Crippen LogP contribution in [0.25, 0.3) is 6.08 Å². The van der Waals surface area contributed by atoms with E-state index in [0.29, 0.717) is 0 Å². The van der Waals surface area contributed by atoms with Crippen LogP contribution in [-0.2, 0) is 4.74 Å². The van der Waals surface area contributed by atoms with Gasteiger partial charge in [-0.2, -0.15) is 0 Å². The number of hydrogen-bond donors (Lipinski definition) is 0. The van der Waals surface area contributed by atoms with Crippen molar-refractivity contribution in [2.24, 2.45) is 5.92 Å². The maximum Gasteiger partial charge on any atom is 0.108 e. The van der Waals surface area contributed by atoms with Gasteiger partial charge in [-0.05, 0) is 66.9 Å². The van der Waals surface area contributed by atoms with E-state index in [1.807, 2.05) is 0 Å². The molecule has 0 unspecified atom stereocenters. The zero-order valence-electron chi connectivity index (χ0n) is 17.5. The minimum absolute atomic E-state index is 0.0230. The molecule has 1 aliphatic rings. The van der Waals surface area contributed by atoms with E-state index in [0.717, 1.165) is 25.5 Å². The minimum atomic E-state index is 0.0230. The van der Waals surface area contributed by atoms with Crippen LogP contribution < -0.4 is 0 Å². The van der Waals surface area contributed by atoms with Crippen molar-refractivity contribution in [2.75, 3.05) is 26.2 Å². The molecule has 3 heteroatoms. The van der Waals surface area contributed by atoms with E-state index in [4.69, 9.17) is 4.74 Å². The first-order valence-electron chi connectivity index (χ1n) is 11.0. The predicted octanol–water partition coefficient (Wildman–Crippen LogP) is 6.67. The topological polar surface area (TPSA) is 12.5 Å². The molecular formula is C27H31NOS. The summed E-state index contributed by atoms with van der Waals surface area (Å²) >= 11 is 1.80. The van der Waals surface area contributed by atoms with Crippen molar-refractivity contribution in [1.29, 1.82) is 0 Å². The monoisotopic (exact) mass is 417 g/mol. The van der Waals surface area contributed by atoms with Crippen LogP contribution in [-0.4, -0.2) is 31.1 Å². The molecular weight excluding hydrogens is 386 g/mol. The molecule has 0 atom stereocenters. The third-order valence-corrected chi connectivity index (χ3v) is 6.75. The summed E-state index contributed by atoms with van der Waals surface area (Å²) in [4.78, 5) is 3.91. The second-order valence-electron chi connectivity index (χ2n) is 8.02. The van der Waals surface area contributed by atoms with Gasteiger partial charge in [0.05, 0.1) is 0 Å². The molecule has 0 radical (unpaired) electrons. The van der Waals surface area contributed by atoms with Crippen molar-refractivity contribution < 1.29 is 4.74 Å². The van der Waals surface area contributed by atoms with Crippen LogP contribution in [0.1, 0.15) is 41.4 Å². The Morgan fingerprint density at radius 1 is 0.900 bits per heavy atom. The van der Waals surface area contributed by atoms with E-state index in [9.17, 15) is 0 Å². The van der Waals surface area contributed by atoms with Crippen molar-refractivity contribution in [3.63, 3.8) is 0 Å². The van der Waals surface area contributed by atoms with Gasteiger partial charge in [0.15, 0.2) is 0 Å². The highest BCUT2D eigenvalue weighted by Gasteiger charge is 2.20. The second-order valence-corrected chi connectivity index (χ2v) is 9.00. The Balaban J connectivity index is 1.23. The number of ether oxygens (including phenoxy) is 1. The number of rotatable bonds is 9.